The van der Waals surface area contributed by atoms with Crippen LogP contribution in [0, 0.1) is 6.92 Å². The van der Waals surface area contributed by atoms with Crippen molar-refractivity contribution in [2.24, 2.45) is 0 Å². The van der Waals surface area contributed by atoms with Crippen LogP contribution in [0.15, 0.2) is 6.20 Å². The highest BCUT2D eigenvalue weighted by Gasteiger charge is 2.20. The Morgan fingerprint density at radius 2 is 2.37 bits per heavy atom. The number of halogens is 1. The van der Waals surface area contributed by atoms with Crippen LogP contribution in [0.5, 0.6) is 0 Å². The predicted molar refractivity (Wildman–Crippen MR) is 71.5 cm³/mol. The molecule has 0 fully saturated rings. The van der Waals surface area contributed by atoms with E-state index in [1.165, 1.54) is 0 Å². The number of esters is 1. The minimum Gasteiger partial charge on any atom is -0.461 e. The van der Waals surface area contributed by atoms with Crippen LogP contribution in [0.4, 0.5) is 0 Å². The zero-order chi connectivity index (χ0) is 13.8. The van der Waals surface area contributed by atoms with Crippen LogP contribution in [0.3, 0.4) is 0 Å². The summed E-state index contributed by atoms with van der Waals surface area (Å²) in [7, 11) is 0. The second kappa shape index (κ2) is 6.12. The van der Waals surface area contributed by atoms with Crippen LogP contribution < -0.4 is 0 Å². The molecule has 0 radical (unpaired) electrons. The molecule has 2 heterocycles. The lowest BCUT2D eigenvalue weighted by atomic mass is 10.3. The lowest BCUT2D eigenvalue weighted by Gasteiger charge is -2.03. The number of hydrogen-bond donors (Lipinski definition) is 0. The van der Waals surface area contributed by atoms with Gasteiger partial charge in [-0.2, -0.15) is 0 Å². The summed E-state index contributed by atoms with van der Waals surface area (Å²) in [5, 5.41) is 8.78. The molecule has 0 spiro atoms. The van der Waals surface area contributed by atoms with Crippen LogP contribution in [-0.2, 0) is 17.2 Å². The first-order valence-electron chi connectivity index (χ1n) is 5.72. The van der Waals surface area contributed by atoms with Crippen molar-refractivity contribution in [3.8, 4) is 0 Å². The summed E-state index contributed by atoms with van der Waals surface area (Å²) in [5.41, 5.74) is 0.740. The van der Waals surface area contributed by atoms with E-state index in [9.17, 15) is 4.79 Å². The standard InChI is InChI=1S/C11H13ClN4O2S/c1-3-18-11(17)10-9(4-12)16(15-14-10)6-8-5-13-7(2)19-8/h5H,3-4,6H2,1-2H3. The Bertz CT molecular complexity index is 581. The molecule has 6 nitrogen and oxygen atoms in total. The molecule has 19 heavy (non-hydrogen) atoms. The Kier molecular flexibility index (Phi) is 4.49. The Balaban J connectivity index is 2.24. The van der Waals surface area contributed by atoms with Crippen molar-refractivity contribution < 1.29 is 9.53 Å². The van der Waals surface area contributed by atoms with Gasteiger partial charge in [0.1, 0.15) is 0 Å². The van der Waals surface area contributed by atoms with E-state index in [0.29, 0.717) is 18.8 Å². The quantitative estimate of drug-likeness (QED) is 0.624. The molecule has 8 heteroatoms. The first kappa shape index (κ1) is 14.0. The number of carbonyl (C=O) groups excluding carboxylic acids is 1. The Morgan fingerprint density at radius 1 is 1.58 bits per heavy atom. The summed E-state index contributed by atoms with van der Waals surface area (Å²) in [6.07, 6.45) is 1.78. The number of aromatic nitrogens is 4. The smallest absolute Gasteiger partial charge is 0.360 e. The molecule has 0 amide bonds. The topological polar surface area (TPSA) is 69.9 Å². The zero-order valence-corrected chi connectivity index (χ0v) is 12.2. The number of nitrogens with zero attached hydrogens (tertiary/aromatic N) is 4. The van der Waals surface area contributed by atoms with E-state index in [4.69, 9.17) is 16.3 Å². The van der Waals surface area contributed by atoms with E-state index in [2.05, 4.69) is 15.3 Å². The Labute approximate surface area is 119 Å². The van der Waals surface area contributed by atoms with E-state index < -0.39 is 5.97 Å². The Hall–Kier alpha value is -1.47. The third-order valence-corrected chi connectivity index (χ3v) is 3.56. The molecule has 0 saturated carbocycles. The van der Waals surface area contributed by atoms with Crippen LogP contribution in [-0.4, -0.2) is 32.6 Å². The van der Waals surface area contributed by atoms with Gasteiger partial charge in [0.15, 0.2) is 5.69 Å². The Morgan fingerprint density at radius 3 is 2.95 bits per heavy atom. The number of hydrogen-bond acceptors (Lipinski definition) is 6. The molecule has 2 rings (SSSR count). The van der Waals surface area contributed by atoms with Crippen molar-refractivity contribution in [3.63, 3.8) is 0 Å². The van der Waals surface area contributed by atoms with Gasteiger partial charge in [0.25, 0.3) is 0 Å². The van der Waals surface area contributed by atoms with Gasteiger partial charge in [0.2, 0.25) is 0 Å². The molecule has 0 saturated heterocycles. The molecule has 2 aromatic rings. The van der Waals surface area contributed by atoms with Gasteiger partial charge in [-0.1, -0.05) is 5.21 Å². The van der Waals surface area contributed by atoms with Crippen molar-refractivity contribution in [2.75, 3.05) is 6.61 Å². The van der Waals surface area contributed by atoms with Gasteiger partial charge in [-0.05, 0) is 13.8 Å². The van der Waals surface area contributed by atoms with Crippen LogP contribution >= 0.6 is 22.9 Å². The summed E-state index contributed by atoms with van der Waals surface area (Å²) < 4.78 is 6.52. The zero-order valence-electron chi connectivity index (χ0n) is 10.6. The van der Waals surface area contributed by atoms with Gasteiger partial charge in [0, 0.05) is 11.1 Å². The van der Waals surface area contributed by atoms with Crippen molar-refractivity contribution in [1.82, 2.24) is 20.0 Å². The number of rotatable bonds is 5. The maximum Gasteiger partial charge on any atom is 0.360 e. The van der Waals surface area contributed by atoms with Crippen molar-refractivity contribution in [3.05, 3.63) is 27.5 Å². The highest BCUT2D eigenvalue weighted by atomic mass is 35.5. The fourth-order valence-corrected chi connectivity index (χ4v) is 2.62. The highest BCUT2D eigenvalue weighted by molar-refractivity contribution is 7.11. The van der Waals surface area contributed by atoms with E-state index >= 15 is 0 Å². The number of thiazole rings is 1. The minimum atomic E-state index is -0.495. The summed E-state index contributed by atoms with van der Waals surface area (Å²) in [6, 6.07) is 0. The first-order chi connectivity index (χ1) is 9.15. The normalized spacial score (nSPS) is 10.7. The van der Waals surface area contributed by atoms with Crippen molar-refractivity contribution in [2.45, 2.75) is 26.3 Å². The molecule has 0 atom stereocenters. The van der Waals surface area contributed by atoms with E-state index in [-0.39, 0.29) is 11.6 Å². The summed E-state index contributed by atoms with van der Waals surface area (Å²) >= 11 is 7.44. The fourth-order valence-electron chi connectivity index (χ4n) is 1.58. The molecule has 2 aromatic heterocycles. The largest absolute Gasteiger partial charge is 0.461 e. The number of carbonyl (C=O) groups is 1. The predicted octanol–water partition coefficient (Wildman–Crippen LogP) is 2.01. The molecule has 0 unspecified atom stereocenters. The number of ether oxygens (including phenoxy) is 1. The third kappa shape index (κ3) is 3.10. The summed E-state index contributed by atoms with van der Waals surface area (Å²) in [5.74, 6) is -0.344. The van der Waals surface area contributed by atoms with Gasteiger partial charge >= 0.3 is 5.97 Å². The average molecular weight is 301 g/mol. The minimum absolute atomic E-state index is 0.152. The molecule has 0 N–H and O–H groups in total. The van der Waals surface area contributed by atoms with Crippen LogP contribution in [0.25, 0.3) is 0 Å². The molecule has 0 aliphatic heterocycles. The van der Waals surface area contributed by atoms with E-state index in [0.717, 1.165) is 9.88 Å². The highest BCUT2D eigenvalue weighted by Crippen LogP contribution is 2.16. The van der Waals surface area contributed by atoms with E-state index in [1.807, 2.05) is 6.92 Å². The van der Waals surface area contributed by atoms with E-state index in [1.54, 1.807) is 29.1 Å². The molecule has 0 aromatic carbocycles. The summed E-state index contributed by atoms with van der Waals surface area (Å²) in [6.45, 7) is 4.46. The molecule has 0 aliphatic carbocycles. The lowest BCUT2D eigenvalue weighted by Crippen LogP contribution is -2.10. The van der Waals surface area contributed by atoms with Crippen LogP contribution in [0.1, 0.15) is 33.0 Å². The molecule has 102 valence electrons. The van der Waals surface area contributed by atoms with Crippen molar-refractivity contribution in [1.29, 1.82) is 0 Å². The van der Waals surface area contributed by atoms with Gasteiger partial charge < -0.3 is 4.74 Å². The van der Waals surface area contributed by atoms with Crippen molar-refractivity contribution >= 4 is 28.9 Å². The number of alkyl halides is 1. The average Bonchev–Trinajstić information content (AvgIpc) is 2.96. The third-order valence-electron chi connectivity index (χ3n) is 2.41. The summed E-state index contributed by atoms with van der Waals surface area (Å²) in [4.78, 5) is 16.9. The second-order valence-corrected chi connectivity index (χ2v) is 5.33. The monoisotopic (exact) mass is 300 g/mol. The number of aryl methyl sites for hydroxylation is 1. The van der Waals surface area contributed by atoms with Crippen LogP contribution in [0.2, 0.25) is 0 Å². The van der Waals surface area contributed by atoms with Gasteiger partial charge in [-0.3, -0.25) is 0 Å². The second-order valence-electron chi connectivity index (χ2n) is 3.74. The molecular formula is C11H13ClN4O2S. The fraction of sp³-hybridized carbons (Fsp3) is 0.455. The van der Waals surface area contributed by atoms with Gasteiger partial charge in [0.05, 0.1) is 29.7 Å². The molecular weight excluding hydrogens is 288 g/mol. The maximum atomic E-state index is 11.7. The van der Waals surface area contributed by atoms with Gasteiger partial charge in [-0.15, -0.1) is 28.0 Å². The van der Waals surface area contributed by atoms with Gasteiger partial charge in [-0.25, -0.2) is 14.5 Å². The SMILES string of the molecule is CCOC(=O)c1nnn(Cc2cnc(C)s2)c1CCl. The first-order valence-corrected chi connectivity index (χ1v) is 7.07. The maximum absolute atomic E-state index is 11.7. The molecule has 0 aliphatic rings. The lowest BCUT2D eigenvalue weighted by molar-refractivity contribution is 0.0518. The molecule has 0 bridgehead atoms.